The first kappa shape index (κ1) is 29.5. The Balaban J connectivity index is 1.57. The number of nitrogens with zero attached hydrogens (tertiary/aromatic N) is 1. The van der Waals surface area contributed by atoms with Crippen LogP contribution in [-0.2, 0) is 19.3 Å². The third-order valence-corrected chi connectivity index (χ3v) is 8.47. The van der Waals surface area contributed by atoms with Gasteiger partial charge in [-0.15, -0.1) is 0 Å². The lowest BCUT2D eigenvalue weighted by molar-refractivity contribution is -0.211. The van der Waals surface area contributed by atoms with Crippen molar-refractivity contribution >= 4 is 32.3 Å². The Hall–Kier alpha value is -3.60. The highest BCUT2D eigenvalue weighted by molar-refractivity contribution is 6.16. The molecule has 1 aliphatic heterocycles. The highest BCUT2D eigenvalue weighted by Crippen LogP contribution is 2.52. The maximum atomic E-state index is 13.7. The fraction of sp³-hybridized carbons (Fsp3) is 0.395. The van der Waals surface area contributed by atoms with Crippen molar-refractivity contribution < 1.29 is 17.9 Å². The van der Waals surface area contributed by atoms with Crippen LogP contribution >= 0.6 is 0 Å². The van der Waals surface area contributed by atoms with Gasteiger partial charge in [-0.25, -0.2) is 0 Å². The molecule has 6 rings (SSSR count). The van der Waals surface area contributed by atoms with Gasteiger partial charge in [0.1, 0.15) is 11.5 Å². The molecule has 0 fully saturated rings. The molecule has 0 saturated carbocycles. The molecule has 43 heavy (non-hydrogen) atoms. The molecule has 224 valence electrons. The van der Waals surface area contributed by atoms with Gasteiger partial charge in [0.25, 0.3) is 0 Å². The summed E-state index contributed by atoms with van der Waals surface area (Å²) < 4.78 is 47.9. The molecular weight excluding hydrogens is 543 g/mol. The van der Waals surface area contributed by atoms with Gasteiger partial charge in [0, 0.05) is 17.3 Å². The number of hydrogen-bond acceptors (Lipinski definition) is 2. The van der Waals surface area contributed by atoms with Gasteiger partial charge in [0.15, 0.2) is 0 Å². The van der Waals surface area contributed by atoms with Gasteiger partial charge in [-0.05, 0) is 86.3 Å². The molecule has 0 N–H and O–H groups in total. The van der Waals surface area contributed by atoms with E-state index in [4.69, 9.17) is 9.72 Å². The summed E-state index contributed by atoms with van der Waals surface area (Å²) in [4.78, 5) is 4.90. The average molecular weight is 584 g/mol. The summed E-state index contributed by atoms with van der Waals surface area (Å²) in [5, 5.41) is 6.14. The van der Waals surface area contributed by atoms with E-state index in [0.29, 0.717) is 11.3 Å². The highest BCUT2D eigenvalue weighted by Gasteiger charge is 2.47. The molecule has 5 aromatic rings. The van der Waals surface area contributed by atoms with Crippen LogP contribution in [0.3, 0.4) is 0 Å². The number of pyridine rings is 1. The van der Waals surface area contributed by atoms with Crippen LogP contribution in [0.1, 0.15) is 72.1 Å². The minimum Gasteiger partial charge on any atom is -0.456 e. The quantitative estimate of drug-likeness (QED) is 0.193. The van der Waals surface area contributed by atoms with Crippen molar-refractivity contribution in [2.45, 2.75) is 80.8 Å². The zero-order valence-electron chi connectivity index (χ0n) is 26.4. The van der Waals surface area contributed by atoms with Gasteiger partial charge in [0.2, 0.25) is 0 Å². The Morgan fingerprint density at radius 1 is 0.651 bits per heavy atom. The molecule has 1 aliphatic rings. The Bertz CT molecular complexity index is 1900. The van der Waals surface area contributed by atoms with Crippen LogP contribution in [0, 0.1) is 16.2 Å². The normalized spacial score (nSPS) is 13.9. The van der Waals surface area contributed by atoms with Gasteiger partial charge >= 0.3 is 6.18 Å². The number of ether oxygens (including phenoxy) is 1. The summed E-state index contributed by atoms with van der Waals surface area (Å²) in [6.07, 6.45) is -0.744. The first-order valence-corrected chi connectivity index (χ1v) is 15.1. The third kappa shape index (κ3) is 5.47. The molecule has 0 spiro atoms. The molecule has 4 aromatic carbocycles. The Labute approximate surface area is 252 Å². The molecule has 0 bridgehead atoms. The second-order valence-electron chi connectivity index (χ2n) is 15.4. The number of alkyl halides is 3. The van der Waals surface area contributed by atoms with Crippen molar-refractivity contribution in [2.24, 2.45) is 16.2 Å². The molecule has 1 aromatic heterocycles. The van der Waals surface area contributed by atoms with Crippen molar-refractivity contribution in [1.29, 1.82) is 0 Å². The van der Waals surface area contributed by atoms with Crippen molar-refractivity contribution in [3.8, 4) is 22.8 Å². The van der Waals surface area contributed by atoms with E-state index < -0.39 is 11.6 Å². The summed E-state index contributed by atoms with van der Waals surface area (Å²) in [5.74, 6) is 1.52. The van der Waals surface area contributed by atoms with Crippen LogP contribution in [0.15, 0.2) is 60.8 Å². The van der Waals surface area contributed by atoms with E-state index >= 15 is 0 Å². The maximum absolute atomic E-state index is 13.7. The van der Waals surface area contributed by atoms with E-state index in [-0.39, 0.29) is 17.3 Å². The number of hydrogen-bond donors (Lipinski definition) is 0. The van der Waals surface area contributed by atoms with E-state index in [1.807, 2.05) is 36.5 Å². The molecule has 0 radical (unpaired) electrons. The zero-order valence-corrected chi connectivity index (χ0v) is 26.4. The summed E-state index contributed by atoms with van der Waals surface area (Å²) in [6, 6.07) is 18.6. The Morgan fingerprint density at radius 3 is 1.88 bits per heavy atom. The second kappa shape index (κ2) is 9.70. The molecule has 2 nitrogen and oxygen atoms in total. The van der Waals surface area contributed by atoms with Crippen LogP contribution < -0.4 is 4.74 Å². The number of halogens is 3. The van der Waals surface area contributed by atoms with Crippen LogP contribution in [-0.4, -0.2) is 11.2 Å². The number of fused-ring (bicyclic) bond motifs is 5. The highest BCUT2D eigenvalue weighted by atomic mass is 19.4. The molecule has 5 heteroatoms. The predicted octanol–water partition coefficient (Wildman–Crippen LogP) is 11.6. The number of rotatable bonds is 4. The summed E-state index contributed by atoms with van der Waals surface area (Å²) in [5.41, 5.74) is 3.35. The van der Waals surface area contributed by atoms with Gasteiger partial charge < -0.3 is 4.74 Å². The Morgan fingerprint density at radius 2 is 1.26 bits per heavy atom. The lowest BCUT2D eigenvalue weighted by Gasteiger charge is -2.29. The lowest BCUT2D eigenvalue weighted by Crippen LogP contribution is -2.34. The summed E-state index contributed by atoms with van der Waals surface area (Å²) >= 11 is 0. The molecule has 2 heterocycles. The molecule has 0 atom stereocenters. The number of benzene rings is 4. The SMILES string of the molecule is CC(C)(C)Cc1ccc2c(CC(C)(C)C)c3c(cc2c1)-c1nccc2c1c(cc1cc(CC(C)(C)C(F)(F)F)ccc12)O3. The van der Waals surface area contributed by atoms with Gasteiger partial charge in [-0.2, -0.15) is 13.2 Å². The third-order valence-electron chi connectivity index (χ3n) is 8.47. The topological polar surface area (TPSA) is 22.1 Å². The fourth-order valence-electron chi connectivity index (χ4n) is 6.47. The monoisotopic (exact) mass is 583 g/mol. The van der Waals surface area contributed by atoms with E-state index in [1.54, 1.807) is 0 Å². The molecule has 0 aliphatic carbocycles. The fourth-order valence-corrected chi connectivity index (χ4v) is 6.47. The van der Waals surface area contributed by atoms with Crippen molar-refractivity contribution in [2.75, 3.05) is 0 Å². The minimum absolute atomic E-state index is 0.0127. The standard InChI is InChI=1S/C38H40F3NO/c1-35(2,3)19-22-9-12-27-24(15-22)17-29-33-32-28(13-14-42-33)26-11-10-23(20-37(7,8)38(39,40)41)16-25(26)18-31(32)43-34(29)30(27)21-36(4,5)6/h9-18H,19-21H2,1-8H3. The second-order valence-corrected chi connectivity index (χ2v) is 15.4. The van der Waals surface area contributed by atoms with Crippen molar-refractivity contribution in [1.82, 2.24) is 4.98 Å². The number of aromatic nitrogens is 1. The van der Waals surface area contributed by atoms with Crippen LogP contribution in [0.25, 0.3) is 43.6 Å². The Kier molecular flexibility index (Phi) is 6.65. The van der Waals surface area contributed by atoms with Gasteiger partial charge in [-0.1, -0.05) is 91.8 Å². The lowest BCUT2D eigenvalue weighted by atomic mass is 9.82. The average Bonchev–Trinajstić information content (AvgIpc) is 2.86. The largest absolute Gasteiger partial charge is 0.456 e. The van der Waals surface area contributed by atoms with E-state index in [0.717, 1.165) is 57.0 Å². The predicted molar refractivity (Wildman–Crippen MR) is 172 cm³/mol. The van der Waals surface area contributed by atoms with E-state index in [9.17, 15) is 13.2 Å². The molecule has 0 saturated heterocycles. The van der Waals surface area contributed by atoms with Crippen molar-refractivity contribution in [3.63, 3.8) is 0 Å². The minimum atomic E-state index is -4.29. The van der Waals surface area contributed by atoms with Crippen molar-refractivity contribution in [3.05, 3.63) is 77.5 Å². The smallest absolute Gasteiger partial charge is 0.394 e. The molecule has 0 amide bonds. The maximum Gasteiger partial charge on any atom is 0.394 e. The first-order chi connectivity index (χ1) is 19.9. The molecule has 0 unspecified atom stereocenters. The van der Waals surface area contributed by atoms with Crippen LogP contribution in [0.2, 0.25) is 0 Å². The van der Waals surface area contributed by atoms with Crippen LogP contribution in [0.4, 0.5) is 13.2 Å². The van der Waals surface area contributed by atoms with Gasteiger partial charge in [-0.3, -0.25) is 4.98 Å². The van der Waals surface area contributed by atoms with Gasteiger partial charge in [0.05, 0.1) is 16.5 Å². The first-order valence-electron chi connectivity index (χ1n) is 15.1. The van der Waals surface area contributed by atoms with Crippen LogP contribution in [0.5, 0.6) is 11.5 Å². The summed E-state index contributed by atoms with van der Waals surface area (Å²) in [6.45, 7) is 16.0. The zero-order chi connectivity index (χ0) is 31.1. The van der Waals surface area contributed by atoms with E-state index in [2.05, 4.69) is 65.8 Å². The summed E-state index contributed by atoms with van der Waals surface area (Å²) in [7, 11) is 0. The van der Waals surface area contributed by atoms with E-state index in [1.165, 1.54) is 30.2 Å². The molecular formula is C38H40F3NO.